The molecule has 0 bridgehead atoms. The van der Waals surface area contributed by atoms with E-state index in [1.807, 2.05) is 44.3 Å². The van der Waals surface area contributed by atoms with Gasteiger partial charge in [-0.2, -0.15) is 0 Å². The van der Waals surface area contributed by atoms with Crippen molar-refractivity contribution in [2.24, 2.45) is 5.92 Å². The molecule has 5 nitrogen and oxygen atoms in total. The zero-order chi connectivity index (χ0) is 16.4. The largest absolute Gasteiger partial charge is 0.361 e. The van der Waals surface area contributed by atoms with Crippen LogP contribution in [-0.4, -0.2) is 28.9 Å². The lowest BCUT2D eigenvalue weighted by Crippen LogP contribution is -2.49. The lowest BCUT2D eigenvalue weighted by atomic mass is 10.0. The Hall–Kier alpha value is -2.30. The van der Waals surface area contributed by atoms with Crippen molar-refractivity contribution in [1.29, 1.82) is 0 Å². The van der Waals surface area contributed by atoms with Gasteiger partial charge in [0.2, 0.25) is 11.8 Å². The second-order valence-electron chi connectivity index (χ2n) is 6.56. The average Bonchev–Trinajstić information content (AvgIpc) is 3.25. The molecular formula is C18H23N3O2. The summed E-state index contributed by atoms with van der Waals surface area (Å²) in [4.78, 5) is 27.7. The van der Waals surface area contributed by atoms with Crippen molar-refractivity contribution in [3.63, 3.8) is 0 Å². The van der Waals surface area contributed by atoms with E-state index in [0.717, 1.165) is 29.3 Å². The first kappa shape index (κ1) is 15.6. The highest BCUT2D eigenvalue weighted by Gasteiger charge is 2.29. The van der Waals surface area contributed by atoms with Gasteiger partial charge >= 0.3 is 0 Å². The summed E-state index contributed by atoms with van der Waals surface area (Å²) in [6.45, 7) is 3.66. The van der Waals surface area contributed by atoms with Crippen LogP contribution in [0.3, 0.4) is 0 Å². The van der Waals surface area contributed by atoms with Crippen LogP contribution in [0.15, 0.2) is 30.5 Å². The highest BCUT2D eigenvalue weighted by Crippen LogP contribution is 2.21. The van der Waals surface area contributed by atoms with Gasteiger partial charge in [-0.05, 0) is 24.5 Å². The zero-order valence-corrected chi connectivity index (χ0v) is 13.6. The number of hydrogen-bond acceptors (Lipinski definition) is 2. The second kappa shape index (κ2) is 6.44. The van der Waals surface area contributed by atoms with E-state index in [9.17, 15) is 9.59 Å². The molecule has 0 spiro atoms. The number of amides is 2. The highest BCUT2D eigenvalue weighted by molar-refractivity contribution is 5.90. The minimum Gasteiger partial charge on any atom is -0.361 e. The Balaban J connectivity index is 1.79. The van der Waals surface area contributed by atoms with Crippen LogP contribution in [-0.2, 0) is 16.0 Å². The van der Waals surface area contributed by atoms with Gasteiger partial charge in [0.1, 0.15) is 6.04 Å². The standard InChI is InChI=1S/C18H23N3O2/c1-11(2)17(22)21-16(18(23)20-13-7-8-13)9-12-10-19-15-6-4-3-5-14(12)15/h3-6,10-11,13,16,19H,7-9H2,1-2H3,(H,20,23)(H,21,22)/t16-/m0/s1. The van der Waals surface area contributed by atoms with Crippen LogP contribution in [0.25, 0.3) is 10.9 Å². The number of rotatable bonds is 6. The molecule has 2 amide bonds. The lowest BCUT2D eigenvalue weighted by molar-refractivity contribution is -0.130. The Morgan fingerprint density at radius 3 is 2.65 bits per heavy atom. The Labute approximate surface area is 135 Å². The molecule has 3 N–H and O–H groups in total. The van der Waals surface area contributed by atoms with E-state index in [1.54, 1.807) is 0 Å². The summed E-state index contributed by atoms with van der Waals surface area (Å²) in [7, 11) is 0. The van der Waals surface area contributed by atoms with Gasteiger partial charge in [0.15, 0.2) is 0 Å². The molecule has 122 valence electrons. The third-order valence-electron chi connectivity index (χ3n) is 4.18. The topological polar surface area (TPSA) is 74.0 Å². The molecule has 1 heterocycles. The minimum absolute atomic E-state index is 0.0909. The Kier molecular flexibility index (Phi) is 4.37. The van der Waals surface area contributed by atoms with Crippen LogP contribution in [0.1, 0.15) is 32.3 Å². The summed E-state index contributed by atoms with van der Waals surface area (Å²) in [6.07, 6.45) is 4.47. The summed E-state index contributed by atoms with van der Waals surface area (Å²) in [5, 5.41) is 6.98. The molecule has 0 radical (unpaired) electrons. The van der Waals surface area contributed by atoms with E-state index in [-0.39, 0.29) is 23.8 Å². The van der Waals surface area contributed by atoms with Gasteiger partial charge in [-0.1, -0.05) is 32.0 Å². The van der Waals surface area contributed by atoms with Gasteiger partial charge < -0.3 is 15.6 Å². The first-order valence-corrected chi connectivity index (χ1v) is 8.20. The summed E-state index contributed by atoms with van der Waals surface area (Å²) in [5.41, 5.74) is 2.08. The van der Waals surface area contributed by atoms with Crippen molar-refractivity contribution in [3.8, 4) is 0 Å². The predicted octanol–water partition coefficient (Wildman–Crippen LogP) is 2.13. The number of H-pyrrole nitrogens is 1. The molecule has 1 saturated carbocycles. The monoisotopic (exact) mass is 313 g/mol. The number of fused-ring (bicyclic) bond motifs is 1. The van der Waals surface area contributed by atoms with E-state index in [1.165, 1.54) is 0 Å². The van der Waals surface area contributed by atoms with Crippen molar-refractivity contribution in [1.82, 2.24) is 15.6 Å². The quantitative estimate of drug-likeness (QED) is 0.764. The molecule has 1 aliphatic rings. The van der Waals surface area contributed by atoms with E-state index in [0.29, 0.717) is 6.42 Å². The van der Waals surface area contributed by atoms with Crippen LogP contribution < -0.4 is 10.6 Å². The van der Waals surface area contributed by atoms with Crippen LogP contribution in [0.2, 0.25) is 0 Å². The van der Waals surface area contributed by atoms with Gasteiger partial charge in [0.25, 0.3) is 0 Å². The van der Waals surface area contributed by atoms with Gasteiger partial charge in [0.05, 0.1) is 0 Å². The van der Waals surface area contributed by atoms with E-state index in [2.05, 4.69) is 15.6 Å². The molecule has 1 aliphatic carbocycles. The Morgan fingerprint density at radius 1 is 1.22 bits per heavy atom. The zero-order valence-electron chi connectivity index (χ0n) is 13.6. The SMILES string of the molecule is CC(C)C(=O)N[C@@H](Cc1c[nH]c2ccccc12)C(=O)NC1CC1. The molecule has 5 heteroatoms. The number of aromatic nitrogens is 1. The first-order chi connectivity index (χ1) is 11.0. The number of carbonyl (C=O) groups excluding carboxylic acids is 2. The van der Waals surface area contributed by atoms with Crippen LogP contribution >= 0.6 is 0 Å². The van der Waals surface area contributed by atoms with Crippen molar-refractivity contribution in [3.05, 3.63) is 36.0 Å². The number of benzene rings is 1. The molecule has 0 unspecified atom stereocenters. The highest BCUT2D eigenvalue weighted by atomic mass is 16.2. The fourth-order valence-corrected chi connectivity index (χ4v) is 2.60. The Morgan fingerprint density at radius 2 is 1.96 bits per heavy atom. The number of nitrogens with one attached hydrogen (secondary N) is 3. The molecule has 1 aromatic carbocycles. The first-order valence-electron chi connectivity index (χ1n) is 8.20. The van der Waals surface area contributed by atoms with Crippen molar-refractivity contribution in [2.75, 3.05) is 0 Å². The maximum absolute atomic E-state index is 12.5. The lowest BCUT2D eigenvalue weighted by Gasteiger charge is -2.19. The molecule has 2 aromatic rings. The van der Waals surface area contributed by atoms with Crippen LogP contribution in [0.4, 0.5) is 0 Å². The van der Waals surface area contributed by atoms with Gasteiger partial charge in [0, 0.05) is 35.5 Å². The average molecular weight is 313 g/mol. The summed E-state index contributed by atoms with van der Waals surface area (Å²) in [5.74, 6) is -0.332. The van der Waals surface area contributed by atoms with Gasteiger partial charge in [-0.15, -0.1) is 0 Å². The normalized spacial score (nSPS) is 15.6. The predicted molar refractivity (Wildman–Crippen MR) is 89.9 cm³/mol. The molecule has 1 atom stereocenters. The fourth-order valence-electron chi connectivity index (χ4n) is 2.60. The number of para-hydroxylation sites is 1. The van der Waals surface area contributed by atoms with E-state index < -0.39 is 6.04 Å². The smallest absolute Gasteiger partial charge is 0.243 e. The summed E-state index contributed by atoms with van der Waals surface area (Å²) in [6, 6.07) is 7.73. The molecular weight excluding hydrogens is 290 g/mol. The van der Waals surface area contributed by atoms with Crippen LogP contribution in [0.5, 0.6) is 0 Å². The maximum atomic E-state index is 12.5. The second-order valence-corrected chi connectivity index (χ2v) is 6.56. The minimum atomic E-state index is -0.537. The summed E-state index contributed by atoms with van der Waals surface area (Å²) >= 11 is 0. The van der Waals surface area contributed by atoms with Crippen molar-refractivity contribution >= 4 is 22.7 Å². The van der Waals surface area contributed by atoms with E-state index >= 15 is 0 Å². The molecule has 23 heavy (non-hydrogen) atoms. The maximum Gasteiger partial charge on any atom is 0.243 e. The fraction of sp³-hybridized carbons (Fsp3) is 0.444. The molecule has 1 aromatic heterocycles. The van der Waals surface area contributed by atoms with Gasteiger partial charge in [-0.25, -0.2) is 0 Å². The van der Waals surface area contributed by atoms with Crippen LogP contribution in [0, 0.1) is 5.92 Å². The number of aromatic amines is 1. The Bertz CT molecular complexity index is 716. The third-order valence-corrected chi connectivity index (χ3v) is 4.18. The third kappa shape index (κ3) is 3.73. The number of hydrogen-bond donors (Lipinski definition) is 3. The number of carbonyl (C=O) groups is 2. The van der Waals surface area contributed by atoms with Crippen molar-refractivity contribution in [2.45, 2.75) is 45.2 Å². The summed E-state index contributed by atoms with van der Waals surface area (Å²) < 4.78 is 0. The molecule has 3 rings (SSSR count). The van der Waals surface area contributed by atoms with Crippen molar-refractivity contribution < 1.29 is 9.59 Å². The molecule has 1 fully saturated rings. The van der Waals surface area contributed by atoms with E-state index in [4.69, 9.17) is 0 Å². The van der Waals surface area contributed by atoms with Gasteiger partial charge in [-0.3, -0.25) is 9.59 Å². The molecule has 0 aliphatic heterocycles. The molecule has 0 saturated heterocycles.